The number of benzene rings is 1. The van der Waals surface area contributed by atoms with Crippen molar-refractivity contribution in [2.75, 3.05) is 31.6 Å². The van der Waals surface area contributed by atoms with E-state index in [9.17, 15) is 4.79 Å². The van der Waals surface area contributed by atoms with Gasteiger partial charge in [-0.05, 0) is 30.7 Å². The molecule has 0 atom stereocenters. The molecule has 0 saturated carbocycles. The van der Waals surface area contributed by atoms with E-state index in [0.717, 1.165) is 30.1 Å². The Balaban J connectivity index is 2.26. The number of amides is 1. The molecule has 0 aliphatic carbocycles. The smallest absolute Gasteiger partial charge is 0.240 e. The molecular weight excluding hydrogens is 204 g/mol. The Morgan fingerprint density at radius 3 is 2.88 bits per heavy atom. The van der Waals surface area contributed by atoms with Crippen LogP contribution in [0.1, 0.15) is 5.56 Å². The molecule has 1 N–H and O–H groups in total. The summed E-state index contributed by atoms with van der Waals surface area (Å²) in [4.78, 5) is 13.5. The van der Waals surface area contributed by atoms with E-state index in [1.807, 2.05) is 30.0 Å². The van der Waals surface area contributed by atoms with Gasteiger partial charge in [-0.15, -0.1) is 0 Å². The molecule has 0 radical (unpaired) electrons. The van der Waals surface area contributed by atoms with E-state index in [4.69, 9.17) is 4.74 Å². The number of nitrogens with one attached hydrogen (secondary N) is 1. The van der Waals surface area contributed by atoms with Crippen LogP contribution >= 0.6 is 0 Å². The van der Waals surface area contributed by atoms with Gasteiger partial charge in [0.05, 0.1) is 13.7 Å². The van der Waals surface area contributed by atoms with E-state index >= 15 is 0 Å². The number of rotatable bonds is 2. The van der Waals surface area contributed by atoms with Crippen LogP contribution in [0.2, 0.25) is 0 Å². The number of piperazine rings is 1. The molecule has 86 valence electrons. The molecule has 0 spiro atoms. The third-order valence-electron chi connectivity index (χ3n) is 2.78. The fourth-order valence-corrected chi connectivity index (χ4v) is 1.91. The molecule has 0 bridgehead atoms. The van der Waals surface area contributed by atoms with Crippen molar-refractivity contribution in [3.05, 3.63) is 23.8 Å². The Labute approximate surface area is 95.2 Å². The van der Waals surface area contributed by atoms with Gasteiger partial charge in [0.1, 0.15) is 5.75 Å². The first-order chi connectivity index (χ1) is 7.72. The zero-order valence-corrected chi connectivity index (χ0v) is 9.62. The fourth-order valence-electron chi connectivity index (χ4n) is 1.91. The average molecular weight is 220 g/mol. The second kappa shape index (κ2) is 4.53. The molecule has 0 aromatic heterocycles. The molecule has 1 heterocycles. The third kappa shape index (κ3) is 2.02. The van der Waals surface area contributed by atoms with Gasteiger partial charge in [-0.1, -0.05) is 0 Å². The van der Waals surface area contributed by atoms with Gasteiger partial charge in [0.25, 0.3) is 0 Å². The van der Waals surface area contributed by atoms with Crippen LogP contribution in [0.5, 0.6) is 5.75 Å². The van der Waals surface area contributed by atoms with E-state index in [0.29, 0.717) is 6.54 Å². The number of carbonyl (C=O) groups excluding carboxylic acids is 1. The first-order valence-electron chi connectivity index (χ1n) is 5.38. The number of nitrogens with zero attached hydrogens (tertiary/aromatic N) is 1. The van der Waals surface area contributed by atoms with E-state index in [1.54, 1.807) is 7.11 Å². The van der Waals surface area contributed by atoms with E-state index in [-0.39, 0.29) is 5.91 Å². The second-order valence-corrected chi connectivity index (χ2v) is 3.88. The Morgan fingerprint density at radius 2 is 2.25 bits per heavy atom. The highest BCUT2D eigenvalue weighted by atomic mass is 16.5. The molecule has 0 unspecified atom stereocenters. The first kappa shape index (κ1) is 11.0. The number of aryl methyl sites for hydroxylation is 1. The lowest BCUT2D eigenvalue weighted by Crippen LogP contribution is -2.48. The van der Waals surface area contributed by atoms with Crippen LogP contribution in [0.4, 0.5) is 5.69 Å². The Morgan fingerprint density at radius 1 is 1.44 bits per heavy atom. The SMILES string of the molecule is COc1ccc(N2CCNCC2=O)cc1C. The second-order valence-electron chi connectivity index (χ2n) is 3.88. The lowest BCUT2D eigenvalue weighted by molar-refractivity contribution is -0.118. The third-order valence-corrected chi connectivity index (χ3v) is 2.78. The number of ether oxygens (including phenoxy) is 1. The summed E-state index contributed by atoms with van der Waals surface area (Å²) in [5.74, 6) is 0.974. The van der Waals surface area contributed by atoms with Gasteiger partial charge in [-0.2, -0.15) is 0 Å². The summed E-state index contributed by atoms with van der Waals surface area (Å²) < 4.78 is 5.20. The summed E-state index contributed by atoms with van der Waals surface area (Å²) in [5, 5.41) is 3.06. The molecule has 4 nitrogen and oxygen atoms in total. The van der Waals surface area contributed by atoms with Crippen molar-refractivity contribution < 1.29 is 9.53 Å². The molecular formula is C12H16N2O2. The first-order valence-corrected chi connectivity index (χ1v) is 5.38. The topological polar surface area (TPSA) is 41.6 Å². The van der Waals surface area contributed by atoms with Crippen molar-refractivity contribution in [3.63, 3.8) is 0 Å². The monoisotopic (exact) mass is 220 g/mol. The van der Waals surface area contributed by atoms with Crippen LogP contribution in [-0.4, -0.2) is 32.7 Å². The summed E-state index contributed by atoms with van der Waals surface area (Å²) in [7, 11) is 1.65. The highest BCUT2D eigenvalue weighted by Crippen LogP contribution is 2.24. The molecule has 1 amide bonds. The Bertz CT molecular complexity index is 404. The molecule has 16 heavy (non-hydrogen) atoms. The summed E-state index contributed by atoms with van der Waals surface area (Å²) >= 11 is 0. The standard InChI is InChI=1S/C12H16N2O2/c1-9-7-10(3-4-11(9)16-2)14-6-5-13-8-12(14)15/h3-4,7,13H,5-6,8H2,1-2H3. The van der Waals surface area contributed by atoms with Gasteiger partial charge < -0.3 is 15.0 Å². The molecule has 2 rings (SSSR count). The lowest BCUT2D eigenvalue weighted by atomic mass is 10.1. The van der Waals surface area contributed by atoms with Crippen molar-refractivity contribution in [1.82, 2.24) is 5.32 Å². The summed E-state index contributed by atoms with van der Waals surface area (Å²) in [5.41, 5.74) is 2.00. The van der Waals surface area contributed by atoms with E-state index in [1.165, 1.54) is 0 Å². The predicted octanol–water partition coefficient (Wildman–Crippen LogP) is 0.940. The molecule has 4 heteroatoms. The van der Waals surface area contributed by atoms with Gasteiger partial charge in [0.2, 0.25) is 5.91 Å². The van der Waals surface area contributed by atoms with Crippen LogP contribution in [0.25, 0.3) is 0 Å². The molecule has 1 aromatic rings. The van der Waals surface area contributed by atoms with Gasteiger partial charge in [0.15, 0.2) is 0 Å². The average Bonchev–Trinajstić information content (AvgIpc) is 2.29. The molecule has 1 aliphatic rings. The quantitative estimate of drug-likeness (QED) is 0.806. The van der Waals surface area contributed by atoms with Gasteiger partial charge in [0, 0.05) is 18.8 Å². The maximum Gasteiger partial charge on any atom is 0.240 e. The number of hydrogen-bond acceptors (Lipinski definition) is 3. The summed E-state index contributed by atoms with van der Waals surface area (Å²) in [6.45, 7) is 3.97. The number of anilines is 1. The van der Waals surface area contributed by atoms with Crippen LogP contribution in [-0.2, 0) is 4.79 Å². The molecule has 1 aliphatic heterocycles. The zero-order valence-electron chi connectivity index (χ0n) is 9.62. The van der Waals surface area contributed by atoms with Crippen molar-refractivity contribution >= 4 is 11.6 Å². The maximum atomic E-state index is 11.7. The number of hydrogen-bond donors (Lipinski definition) is 1. The molecule has 1 fully saturated rings. The number of methoxy groups -OCH3 is 1. The van der Waals surface area contributed by atoms with Gasteiger partial charge in [-0.25, -0.2) is 0 Å². The minimum Gasteiger partial charge on any atom is -0.496 e. The minimum atomic E-state index is 0.121. The summed E-state index contributed by atoms with van der Waals surface area (Å²) in [6.07, 6.45) is 0. The molecule has 1 aromatic carbocycles. The van der Waals surface area contributed by atoms with E-state index < -0.39 is 0 Å². The number of carbonyl (C=O) groups is 1. The Hall–Kier alpha value is -1.55. The molecule has 1 saturated heterocycles. The highest BCUT2D eigenvalue weighted by molar-refractivity contribution is 5.95. The van der Waals surface area contributed by atoms with Crippen LogP contribution in [0.15, 0.2) is 18.2 Å². The van der Waals surface area contributed by atoms with Crippen molar-refractivity contribution in [1.29, 1.82) is 0 Å². The van der Waals surface area contributed by atoms with Crippen molar-refractivity contribution in [2.45, 2.75) is 6.92 Å². The van der Waals surface area contributed by atoms with Gasteiger partial charge >= 0.3 is 0 Å². The lowest BCUT2D eigenvalue weighted by Gasteiger charge is -2.27. The van der Waals surface area contributed by atoms with E-state index in [2.05, 4.69) is 5.32 Å². The maximum absolute atomic E-state index is 11.7. The van der Waals surface area contributed by atoms with Crippen LogP contribution < -0.4 is 15.0 Å². The largest absolute Gasteiger partial charge is 0.496 e. The fraction of sp³-hybridized carbons (Fsp3) is 0.417. The van der Waals surface area contributed by atoms with Crippen LogP contribution in [0, 0.1) is 6.92 Å². The normalized spacial score (nSPS) is 16.4. The van der Waals surface area contributed by atoms with Crippen molar-refractivity contribution in [2.24, 2.45) is 0 Å². The van der Waals surface area contributed by atoms with Crippen molar-refractivity contribution in [3.8, 4) is 5.75 Å². The Kier molecular flexibility index (Phi) is 3.10. The highest BCUT2D eigenvalue weighted by Gasteiger charge is 2.19. The minimum absolute atomic E-state index is 0.121. The predicted molar refractivity (Wildman–Crippen MR) is 63.0 cm³/mol. The summed E-state index contributed by atoms with van der Waals surface area (Å²) in [6, 6.07) is 5.82. The zero-order chi connectivity index (χ0) is 11.5. The van der Waals surface area contributed by atoms with Crippen LogP contribution in [0.3, 0.4) is 0 Å². The van der Waals surface area contributed by atoms with Gasteiger partial charge in [-0.3, -0.25) is 4.79 Å².